The lowest BCUT2D eigenvalue weighted by atomic mass is 10.2. The molecule has 2 aromatic rings. The number of para-hydroxylation sites is 2. The van der Waals surface area contributed by atoms with E-state index in [0.29, 0.717) is 12.1 Å². The zero-order chi connectivity index (χ0) is 12.4. The number of hydrogen-bond donors (Lipinski definition) is 1. The van der Waals surface area contributed by atoms with Crippen molar-refractivity contribution < 1.29 is 0 Å². The number of imidazole rings is 1. The average molecular weight is 231 g/mol. The second kappa shape index (κ2) is 4.88. The molecule has 1 aromatic heterocycles. The molecule has 17 heavy (non-hydrogen) atoms. The van der Waals surface area contributed by atoms with Crippen molar-refractivity contribution in [2.24, 2.45) is 0 Å². The van der Waals surface area contributed by atoms with E-state index in [4.69, 9.17) is 4.98 Å². The van der Waals surface area contributed by atoms with Crippen LogP contribution in [0.15, 0.2) is 24.3 Å². The highest BCUT2D eigenvalue weighted by Gasteiger charge is 2.18. The topological polar surface area (TPSA) is 29.9 Å². The predicted molar refractivity (Wildman–Crippen MR) is 72.2 cm³/mol. The molecule has 0 fully saturated rings. The third-order valence-electron chi connectivity index (χ3n) is 3.21. The maximum absolute atomic E-state index is 4.78. The van der Waals surface area contributed by atoms with Crippen molar-refractivity contribution in [3.8, 4) is 0 Å². The average Bonchev–Trinajstić information content (AvgIpc) is 2.69. The van der Waals surface area contributed by atoms with Gasteiger partial charge >= 0.3 is 0 Å². The zero-order valence-corrected chi connectivity index (χ0v) is 11.1. The largest absolute Gasteiger partial charge is 0.324 e. The molecule has 0 aliphatic carbocycles. The van der Waals surface area contributed by atoms with Crippen LogP contribution in [0.3, 0.4) is 0 Å². The van der Waals surface area contributed by atoms with E-state index in [1.807, 2.05) is 13.1 Å². The third kappa shape index (κ3) is 2.07. The van der Waals surface area contributed by atoms with Crippen molar-refractivity contribution in [1.29, 1.82) is 0 Å². The maximum atomic E-state index is 4.78. The van der Waals surface area contributed by atoms with Gasteiger partial charge in [-0.3, -0.25) is 0 Å². The van der Waals surface area contributed by atoms with Crippen LogP contribution in [0.4, 0.5) is 0 Å². The van der Waals surface area contributed by atoms with Crippen molar-refractivity contribution in [2.45, 2.75) is 39.3 Å². The Bertz CT molecular complexity index is 495. The van der Waals surface area contributed by atoms with E-state index in [9.17, 15) is 0 Å². The summed E-state index contributed by atoms with van der Waals surface area (Å²) in [6.45, 7) is 6.60. The molecule has 1 aromatic carbocycles. The molecular weight excluding hydrogens is 210 g/mol. The Hall–Kier alpha value is -1.35. The van der Waals surface area contributed by atoms with Crippen molar-refractivity contribution in [2.75, 3.05) is 7.05 Å². The van der Waals surface area contributed by atoms with Gasteiger partial charge in [-0.2, -0.15) is 0 Å². The molecule has 0 saturated heterocycles. The molecule has 0 radical (unpaired) electrons. The van der Waals surface area contributed by atoms with Gasteiger partial charge in [0.1, 0.15) is 5.82 Å². The van der Waals surface area contributed by atoms with Gasteiger partial charge in [-0.1, -0.05) is 19.1 Å². The number of nitrogens with one attached hydrogen (secondary N) is 1. The fourth-order valence-electron chi connectivity index (χ4n) is 2.37. The molecule has 1 heterocycles. The SMILES string of the molecule is CCC(NC)c1nc2ccccc2n1C(C)C. The number of nitrogens with zero attached hydrogens (tertiary/aromatic N) is 2. The third-order valence-corrected chi connectivity index (χ3v) is 3.21. The first-order valence-corrected chi connectivity index (χ1v) is 6.33. The molecule has 0 spiro atoms. The van der Waals surface area contributed by atoms with Crippen molar-refractivity contribution >= 4 is 11.0 Å². The summed E-state index contributed by atoms with van der Waals surface area (Å²) in [4.78, 5) is 4.78. The van der Waals surface area contributed by atoms with E-state index in [1.54, 1.807) is 0 Å². The summed E-state index contributed by atoms with van der Waals surface area (Å²) in [5, 5.41) is 3.34. The molecule has 3 heteroatoms. The highest BCUT2D eigenvalue weighted by molar-refractivity contribution is 5.76. The minimum absolute atomic E-state index is 0.324. The second-order valence-corrected chi connectivity index (χ2v) is 4.67. The quantitative estimate of drug-likeness (QED) is 0.875. The van der Waals surface area contributed by atoms with Crippen LogP contribution in [-0.2, 0) is 0 Å². The number of rotatable bonds is 4. The monoisotopic (exact) mass is 231 g/mol. The minimum atomic E-state index is 0.324. The summed E-state index contributed by atoms with van der Waals surface area (Å²) < 4.78 is 2.33. The van der Waals surface area contributed by atoms with E-state index in [-0.39, 0.29) is 0 Å². The van der Waals surface area contributed by atoms with E-state index in [2.05, 4.69) is 48.9 Å². The van der Waals surface area contributed by atoms with E-state index in [1.165, 1.54) is 5.52 Å². The van der Waals surface area contributed by atoms with Crippen molar-refractivity contribution in [1.82, 2.24) is 14.9 Å². The standard InChI is InChI=1S/C14H21N3/c1-5-11(15-4)14-16-12-8-6-7-9-13(12)17(14)10(2)3/h6-11,15H,5H2,1-4H3. The van der Waals surface area contributed by atoms with Crippen LogP contribution < -0.4 is 5.32 Å². The van der Waals surface area contributed by atoms with E-state index >= 15 is 0 Å². The van der Waals surface area contributed by atoms with Gasteiger partial charge < -0.3 is 9.88 Å². The first kappa shape index (κ1) is 12.1. The molecule has 3 nitrogen and oxygen atoms in total. The van der Waals surface area contributed by atoms with E-state index < -0.39 is 0 Å². The summed E-state index contributed by atoms with van der Waals surface area (Å²) >= 11 is 0. The molecule has 1 N–H and O–H groups in total. The highest BCUT2D eigenvalue weighted by Crippen LogP contribution is 2.25. The lowest BCUT2D eigenvalue weighted by Crippen LogP contribution is -2.21. The predicted octanol–water partition coefficient (Wildman–Crippen LogP) is 3.29. The fourth-order valence-corrected chi connectivity index (χ4v) is 2.37. The highest BCUT2D eigenvalue weighted by atomic mass is 15.1. The van der Waals surface area contributed by atoms with Crippen LogP contribution in [-0.4, -0.2) is 16.6 Å². The van der Waals surface area contributed by atoms with Crippen LogP contribution in [0.25, 0.3) is 11.0 Å². The molecule has 92 valence electrons. The van der Waals surface area contributed by atoms with Crippen LogP contribution in [0.2, 0.25) is 0 Å². The number of benzene rings is 1. The Balaban J connectivity index is 2.65. The van der Waals surface area contributed by atoms with Gasteiger partial charge in [0.25, 0.3) is 0 Å². The zero-order valence-electron chi connectivity index (χ0n) is 11.1. The van der Waals surface area contributed by atoms with Crippen LogP contribution >= 0.6 is 0 Å². The van der Waals surface area contributed by atoms with Gasteiger partial charge in [0.05, 0.1) is 17.1 Å². The molecule has 1 atom stereocenters. The Morgan fingerprint density at radius 1 is 1.29 bits per heavy atom. The molecular formula is C14H21N3. The van der Waals surface area contributed by atoms with Crippen LogP contribution in [0.1, 0.15) is 45.1 Å². The molecule has 0 bridgehead atoms. The Kier molecular flexibility index (Phi) is 3.48. The number of fused-ring (bicyclic) bond motifs is 1. The lowest BCUT2D eigenvalue weighted by Gasteiger charge is -2.19. The lowest BCUT2D eigenvalue weighted by molar-refractivity contribution is 0.486. The normalized spacial score (nSPS) is 13.5. The summed E-state index contributed by atoms with van der Waals surface area (Å²) in [7, 11) is 2.00. The Labute approximate surface area is 103 Å². The molecule has 0 saturated carbocycles. The Morgan fingerprint density at radius 3 is 2.59 bits per heavy atom. The summed E-state index contributed by atoms with van der Waals surface area (Å²) in [5.74, 6) is 1.14. The first-order chi connectivity index (χ1) is 8.19. The van der Waals surface area contributed by atoms with Gasteiger partial charge in [-0.05, 0) is 39.4 Å². The maximum Gasteiger partial charge on any atom is 0.127 e. The smallest absolute Gasteiger partial charge is 0.127 e. The van der Waals surface area contributed by atoms with Gasteiger partial charge in [0.15, 0.2) is 0 Å². The van der Waals surface area contributed by atoms with Gasteiger partial charge in [0.2, 0.25) is 0 Å². The molecule has 0 amide bonds. The van der Waals surface area contributed by atoms with E-state index in [0.717, 1.165) is 17.8 Å². The number of hydrogen-bond acceptors (Lipinski definition) is 2. The van der Waals surface area contributed by atoms with Crippen LogP contribution in [0, 0.1) is 0 Å². The molecule has 0 aliphatic heterocycles. The summed E-state index contributed by atoms with van der Waals surface area (Å²) in [6, 6.07) is 9.11. The summed E-state index contributed by atoms with van der Waals surface area (Å²) in [5.41, 5.74) is 2.32. The van der Waals surface area contributed by atoms with Crippen LogP contribution in [0.5, 0.6) is 0 Å². The first-order valence-electron chi connectivity index (χ1n) is 6.33. The van der Waals surface area contributed by atoms with Gasteiger partial charge in [-0.15, -0.1) is 0 Å². The summed E-state index contributed by atoms with van der Waals surface area (Å²) in [6.07, 6.45) is 1.05. The van der Waals surface area contributed by atoms with Gasteiger partial charge in [0, 0.05) is 6.04 Å². The molecule has 1 unspecified atom stereocenters. The van der Waals surface area contributed by atoms with Crippen molar-refractivity contribution in [3.05, 3.63) is 30.1 Å². The Morgan fingerprint density at radius 2 is 2.00 bits per heavy atom. The van der Waals surface area contributed by atoms with Gasteiger partial charge in [-0.25, -0.2) is 4.98 Å². The molecule has 0 aliphatic rings. The number of aromatic nitrogens is 2. The second-order valence-electron chi connectivity index (χ2n) is 4.67. The molecule has 2 rings (SSSR count). The minimum Gasteiger partial charge on any atom is -0.324 e. The fraction of sp³-hybridized carbons (Fsp3) is 0.500. The van der Waals surface area contributed by atoms with Crippen molar-refractivity contribution in [3.63, 3.8) is 0 Å².